The van der Waals surface area contributed by atoms with Gasteiger partial charge in [-0.25, -0.2) is 0 Å². The lowest BCUT2D eigenvalue weighted by Crippen LogP contribution is -2.13. The van der Waals surface area contributed by atoms with Crippen LogP contribution in [0.15, 0.2) is 47.4 Å². The van der Waals surface area contributed by atoms with Crippen LogP contribution in [0.5, 0.6) is 11.5 Å². The van der Waals surface area contributed by atoms with E-state index in [9.17, 15) is 33.3 Å². The summed E-state index contributed by atoms with van der Waals surface area (Å²) >= 11 is 0. The van der Waals surface area contributed by atoms with Crippen molar-refractivity contribution in [2.24, 2.45) is 0 Å². The fourth-order valence-electron chi connectivity index (χ4n) is 2.56. The van der Waals surface area contributed by atoms with Gasteiger partial charge in [-0.15, -0.1) is 0 Å². The van der Waals surface area contributed by atoms with Crippen LogP contribution in [0.3, 0.4) is 0 Å². The van der Waals surface area contributed by atoms with Crippen LogP contribution in [0.25, 0.3) is 10.8 Å². The number of hydrogen-bond donors (Lipinski definition) is 6. The molecular formula is C16H14N4O7S. The third-order valence-electron chi connectivity index (χ3n) is 3.89. The Bertz CT molecular complexity index is 1210. The Morgan fingerprint density at radius 1 is 1.04 bits per heavy atom. The number of phenols is 2. The van der Waals surface area contributed by atoms with Crippen LogP contribution in [0.1, 0.15) is 0 Å². The number of fused-ring (bicyclic) bond motifs is 1. The van der Waals surface area contributed by atoms with E-state index in [0.717, 1.165) is 24.3 Å². The molecule has 0 aromatic heterocycles. The van der Waals surface area contributed by atoms with E-state index < -0.39 is 31.4 Å². The van der Waals surface area contributed by atoms with Crippen molar-refractivity contribution in [2.75, 3.05) is 16.6 Å². The minimum absolute atomic E-state index is 0.164. The van der Waals surface area contributed by atoms with Crippen LogP contribution in [-0.4, -0.2) is 28.1 Å². The van der Waals surface area contributed by atoms with Gasteiger partial charge in [0.25, 0.3) is 15.8 Å². The maximum absolute atomic E-state index is 11.8. The number of non-ortho nitro benzene ring substituents is 1. The van der Waals surface area contributed by atoms with Crippen LogP contribution in [0, 0.1) is 10.1 Å². The van der Waals surface area contributed by atoms with E-state index in [-0.39, 0.29) is 22.5 Å². The molecule has 0 heterocycles. The highest BCUT2D eigenvalue weighted by molar-refractivity contribution is 7.86. The van der Waals surface area contributed by atoms with Crippen molar-refractivity contribution < 1.29 is 28.1 Å². The molecular weight excluding hydrogens is 392 g/mol. The average Bonchev–Trinajstić information content (AvgIpc) is 2.61. The number of nitro benzene ring substituents is 1. The second-order valence-electron chi connectivity index (χ2n) is 5.76. The van der Waals surface area contributed by atoms with Crippen molar-refractivity contribution in [3.63, 3.8) is 0 Å². The molecule has 0 bridgehead atoms. The Balaban J connectivity index is 2.11. The van der Waals surface area contributed by atoms with E-state index in [1.54, 1.807) is 0 Å². The molecule has 3 rings (SSSR count). The molecule has 0 atom stereocenters. The molecule has 7 N–H and O–H groups in total. The molecule has 0 aliphatic carbocycles. The van der Waals surface area contributed by atoms with Crippen molar-refractivity contribution in [3.8, 4) is 11.5 Å². The standard InChI is InChI=1S/C16H14N4O7S/c17-9-2-1-8-5-14(28(25,26)27)15(16(22)11(8)6-9)19-18-12-7-10(20(23)24)3-4-13(12)21/h1-7,18-19,21-22H,17H2,(H,25,26,27). The van der Waals surface area contributed by atoms with Crippen molar-refractivity contribution in [2.45, 2.75) is 4.90 Å². The second kappa shape index (κ2) is 6.75. The molecule has 28 heavy (non-hydrogen) atoms. The Morgan fingerprint density at radius 2 is 1.75 bits per heavy atom. The van der Waals surface area contributed by atoms with Gasteiger partial charge in [0.2, 0.25) is 0 Å². The Morgan fingerprint density at radius 3 is 2.39 bits per heavy atom. The zero-order valence-corrected chi connectivity index (χ0v) is 14.8. The smallest absolute Gasteiger partial charge is 0.296 e. The van der Waals surface area contributed by atoms with E-state index in [4.69, 9.17) is 5.73 Å². The first-order valence-corrected chi connectivity index (χ1v) is 9.04. The second-order valence-corrected chi connectivity index (χ2v) is 7.15. The number of hydrogen-bond acceptors (Lipinski definition) is 9. The van der Waals surface area contributed by atoms with Gasteiger partial charge in [-0.1, -0.05) is 6.07 Å². The molecule has 0 unspecified atom stereocenters. The maximum atomic E-state index is 11.8. The fraction of sp³-hybridized carbons (Fsp3) is 0. The van der Waals surface area contributed by atoms with Gasteiger partial charge >= 0.3 is 0 Å². The summed E-state index contributed by atoms with van der Waals surface area (Å²) in [5.41, 5.74) is 9.79. The van der Waals surface area contributed by atoms with Crippen LogP contribution in [0.2, 0.25) is 0 Å². The topological polar surface area (TPSA) is 188 Å². The summed E-state index contributed by atoms with van der Waals surface area (Å²) in [6.45, 7) is 0. The molecule has 0 aliphatic heterocycles. The average molecular weight is 406 g/mol. The summed E-state index contributed by atoms with van der Waals surface area (Å²) in [7, 11) is -4.76. The van der Waals surface area contributed by atoms with Gasteiger partial charge in [0.15, 0.2) is 0 Å². The lowest BCUT2D eigenvalue weighted by Gasteiger charge is -2.16. The van der Waals surface area contributed by atoms with Gasteiger partial charge in [-0.2, -0.15) is 8.42 Å². The number of nitrogen functional groups attached to an aromatic ring is 1. The number of aromatic hydroxyl groups is 2. The van der Waals surface area contributed by atoms with E-state index in [1.165, 1.54) is 18.2 Å². The Labute approximate surface area is 157 Å². The number of nitrogens with one attached hydrogen (secondary N) is 2. The van der Waals surface area contributed by atoms with Crippen LogP contribution in [-0.2, 0) is 10.1 Å². The Hall–Kier alpha value is -3.77. The summed E-state index contributed by atoms with van der Waals surface area (Å²) in [5, 5.41) is 31.7. The highest BCUT2D eigenvalue weighted by atomic mass is 32.2. The van der Waals surface area contributed by atoms with Gasteiger partial charge in [-0.05, 0) is 29.7 Å². The van der Waals surface area contributed by atoms with Crippen molar-refractivity contribution >= 4 is 43.6 Å². The first-order valence-electron chi connectivity index (χ1n) is 7.60. The molecule has 0 spiro atoms. The predicted molar refractivity (Wildman–Crippen MR) is 102 cm³/mol. The number of rotatable bonds is 5. The monoisotopic (exact) mass is 406 g/mol. The number of benzene rings is 3. The SMILES string of the molecule is Nc1ccc2cc(S(=O)(=O)O)c(NNc3cc([N+](=O)[O-])ccc3O)c(O)c2c1. The molecule has 3 aromatic rings. The van der Waals surface area contributed by atoms with Gasteiger partial charge in [0.1, 0.15) is 27.8 Å². The maximum Gasteiger partial charge on any atom is 0.296 e. The summed E-state index contributed by atoms with van der Waals surface area (Å²) in [6.07, 6.45) is 0. The summed E-state index contributed by atoms with van der Waals surface area (Å²) in [6, 6.07) is 8.58. The predicted octanol–water partition coefficient (Wildman–Crippen LogP) is 2.43. The summed E-state index contributed by atoms with van der Waals surface area (Å²) in [4.78, 5) is 9.53. The van der Waals surface area contributed by atoms with Gasteiger partial charge in [0.05, 0.1) is 4.92 Å². The molecule has 11 nitrogen and oxygen atoms in total. The van der Waals surface area contributed by atoms with Gasteiger partial charge in [-0.3, -0.25) is 25.5 Å². The van der Waals surface area contributed by atoms with Crippen molar-refractivity contribution in [3.05, 3.63) is 52.6 Å². The van der Waals surface area contributed by atoms with E-state index >= 15 is 0 Å². The third kappa shape index (κ3) is 3.54. The molecule has 0 saturated heterocycles. The number of nitrogens with zero attached hydrogens (tertiary/aromatic N) is 1. The van der Waals surface area contributed by atoms with Crippen molar-refractivity contribution in [1.82, 2.24) is 0 Å². The lowest BCUT2D eigenvalue weighted by molar-refractivity contribution is -0.384. The zero-order valence-electron chi connectivity index (χ0n) is 13.9. The number of phenolic OH excluding ortho intramolecular Hbond substituents is 2. The van der Waals surface area contributed by atoms with E-state index in [2.05, 4.69) is 10.9 Å². The summed E-state index contributed by atoms with van der Waals surface area (Å²) in [5.74, 6) is -0.925. The van der Waals surface area contributed by atoms with Gasteiger partial charge in [0, 0.05) is 23.2 Å². The van der Waals surface area contributed by atoms with Crippen molar-refractivity contribution in [1.29, 1.82) is 0 Å². The molecule has 12 heteroatoms. The molecule has 0 amide bonds. The number of nitro groups is 1. The summed E-state index contributed by atoms with van der Waals surface area (Å²) < 4.78 is 33.0. The third-order valence-corrected chi connectivity index (χ3v) is 4.77. The molecule has 0 saturated carbocycles. The zero-order chi connectivity index (χ0) is 20.6. The number of hydrazine groups is 1. The fourth-order valence-corrected chi connectivity index (χ4v) is 3.24. The lowest BCUT2D eigenvalue weighted by atomic mass is 10.1. The van der Waals surface area contributed by atoms with E-state index in [1.807, 2.05) is 0 Å². The minimum Gasteiger partial charge on any atom is -0.506 e. The van der Waals surface area contributed by atoms with Crippen LogP contribution >= 0.6 is 0 Å². The van der Waals surface area contributed by atoms with Gasteiger partial charge < -0.3 is 15.9 Å². The number of anilines is 3. The molecule has 0 aliphatic rings. The molecule has 0 radical (unpaired) electrons. The van der Waals surface area contributed by atoms with E-state index in [0.29, 0.717) is 11.1 Å². The molecule has 3 aromatic carbocycles. The highest BCUT2D eigenvalue weighted by Crippen LogP contribution is 2.39. The van der Waals surface area contributed by atoms with Crippen LogP contribution in [0.4, 0.5) is 22.7 Å². The largest absolute Gasteiger partial charge is 0.506 e. The first kappa shape index (κ1) is 19.0. The normalized spacial score (nSPS) is 11.3. The highest BCUT2D eigenvalue weighted by Gasteiger charge is 2.22. The molecule has 146 valence electrons. The van der Waals surface area contributed by atoms with Crippen LogP contribution < -0.4 is 16.6 Å². The minimum atomic E-state index is -4.76. The molecule has 0 fully saturated rings. The number of nitrogens with two attached hydrogens (primary N) is 1. The quantitative estimate of drug-likeness (QED) is 0.121. The first-order chi connectivity index (χ1) is 13.1. The Kier molecular flexibility index (Phi) is 4.58.